The summed E-state index contributed by atoms with van der Waals surface area (Å²) in [4.78, 5) is 13.2. The van der Waals surface area contributed by atoms with Crippen LogP contribution in [0.5, 0.6) is 0 Å². The summed E-state index contributed by atoms with van der Waals surface area (Å²) in [5, 5.41) is 0. The standard InChI is InChI=1S/C45H32BN5/c1-31-25-26-35(32-15-5-2-6-16-32)29-38(31)46-50-42-24-14-12-22-39(42)47-44(50)49(41-23-13-11-21-37(41)34-19-9-4-10-20-34)45-48-40-30-36(27-28-43(40)51(45)46)33-17-7-3-8-18-33/h2-30H,1H3. The van der Waals surface area contributed by atoms with Crippen LogP contribution in [0.15, 0.2) is 176 Å². The van der Waals surface area contributed by atoms with Crippen LogP contribution in [0.3, 0.4) is 0 Å². The Hall–Kier alpha value is -6.66. The van der Waals surface area contributed by atoms with Crippen molar-refractivity contribution in [2.75, 3.05) is 4.90 Å². The van der Waals surface area contributed by atoms with Crippen LogP contribution in [0.1, 0.15) is 5.56 Å². The Kier molecular flexibility index (Phi) is 6.74. The first-order valence-electron chi connectivity index (χ1n) is 17.4. The molecule has 0 amide bonds. The quantitative estimate of drug-likeness (QED) is 0.174. The molecule has 10 rings (SSSR count). The van der Waals surface area contributed by atoms with Crippen molar-refractivity contribution in [1.29, 1.82) is 0 Å². The molecule has 5 nitrogen and oxygen atoms in total. The second-order valence-corrected chi connectivity index (χ2v) is 13.2. The number of benzene rings is 7. The first kappa shape index (κ1) is 29.3. The molecular weight excluding hydrogens is 621 g/mol. The molecule has 0 atom stereocenters. The van der Waals surface area contributed by atoms with Crippen LogP contribution in [0.2, 0.25) is 0 Å². The van der Waals surface area contributed by atoms with Gasteiger partial charge in [0.05, 0.1) is 27.8 Å². The van der Waals surface area contributed by atoms with Gasteiger partial charge in [0, 0.05) is 5.56 Å². The maximum Gasteiger partial charge on any atom is 0.425 e. The van der Waals surface area contributed by atoms with Crippen LogP contribution >= 0.6 is 0 Å². The summed E-state index contributed by atoms with van der Waals surface area (Å²) >= 11 is 0. The largest absolute Gasteiger partial charge is 0.425 e. The highest BCUT2D eigenvalue weighted by atomic mass is 15.4. The molecule has 0 spiro atoms. The van der Waals surface area contributed by atoms with Crippen molar-refractivity contribution >= 4 is 52.1 Å². The summed E-state index contributed by atoms with van der Waals surface area (Å²) in [6, 6.07) is 62.3. The fourth-order valence-corrected chi connectivity index (χ4v) is 7.68. The second-order valence-electron chi connectivity index (χ2n) is 13.2. The molecule has 0 fully saturated rings. The molecule has 51 heavy (non-hydrogen) atoms. The van der Waals surface area contributed by atoms with Crippen LogP contribution in [-0.4, -0.2) is 25.9 Å². The average Bonchev–Trinajstić information content (AvgIpc) is 3.77. The number of nitrogens with zero attached hydrogens (tertiary/aromatic N) is 5. The van der Waals surface area contributed by atoms with Crippen molar-refractivity contribution in [3.05, 3.63) is 181 Å². The third kappa shape index (κ3) is 4.72. The van der Waals surface area contributed by atoms with E-state index in [2.05, 4.69) is 197 Å². The molecule has 0 saturated carbocycles. The molecule has 0 radical (unpaired) electrons. The Balaban J connectivity index is 1.30. The van der Waals surface area contributed by atoms with Crippen molar-refractivity contribution in [2.24, 2.45) is 0 Å². The molecule has 1 aliphatic heterocycles. The summed E-state index contributed by atoms with van der Waals surface area (Å²) in [6.07, 6.45) is 0. The van der Waals surface area contributed by atoms with E-state index in [1.165, 1.54) is 27.7 Å². The summed E-state index contributed by atoms with van der Waals surface area (Å²) in [5.41, 5.74) is 14.3. The molecule has 9 aromatic rings. The van der Waals surface area contributed by atoms with Gasteiger partial charge in [-0.3, -0.25) is 4.90 Å². The fraction of sp³-hybridized carbons (Fsp3) is 0.0222. The molecule has 2 aromatic heterocycles. The van der Waals surface area contributed by atoms with Crippen molar-refractivity contribution in [3.8, 4) is 33.4 Å². The van der Waals surface area contributed by atoms with Crippen LogP contribution in [0.25, 0.3) is 55.4 Å². The van der Waals surface area contributed by atoms with Crippen LogP contribution < -0.4 is 10.4 Å². The Morgan fingerprint density at radius 2 is 0.961 bits per heavy atom. The normalized spacial score (nSPS) is 12.3. The maximum atomic E-state index is 5.52. The summed E-state index contributed by atoms with van der Waals surface area (Å²) in [6.45, 7) is 1.96. The van der Waals surface area contributed by atoms with Gasteiger partial charge in [0.2, 0.25) is 11.9 Å². The molecule has 240 valence electrons. The Labute approximate surface area is 296 Å². The number of anilines is 3. The minimum absolute atomic E-state index is 0.251. The van der Waals surface area contributed by atoms with Gasteiger partial charge in [-0.15, -0.1) is 0 Å². The summed E-state index contributed by atoms with van der Waals surface area (Å²) in [5.74, 6) is 1.66. The number of rotatable bonds is 5. The van der Waals surface area contributed by atoms with E-state index >= 15 is 0 Å². The van der Waals surface area contributed by atoms with Crippen molar-refractivity contribution < 1.29 is 0 Å². The first-order valence-corrected chi connectivity index (χ1v) is 17.4. The van der Waals surface area contributed by atoms with E-state index in [1.54, 1.807) is 0 Å². The van der Waals surface area contributed by atoms with Gasteiger partial charge < -0.3 is 8.96 Å². The molecular formula is C45H32BN5. The SMILES string of the molecule is Cc1ccc(-c2ccccc2)cc1B1n2c(nc3ccccc32)N(c2ccccc2-c2ccccc2)c2nc3cc(-c4ccccc4)ccc3n21. The van der Waals surface area contributed by atoms with Crippen LogP contribution in [-0.2, 0) is 0 Å². The van der Waals surface area contributed by atoms with Crippen molar-refractivity contribution in [3.63, 3.8) is 0 Å². The van der Waals surface area contributed by atoms with E-state index < -0.39 is 0 Å². The lowest BCUT2D eigenvalue weighted by Gasteiger charge is -2.35. The van der Waals surface area contributed by atoms with E-state index in [0.717, 1.165) is 56.3 Å². The molecule has 0 unspecified atom stereocenters. The smallest absolute Gasteiger partial charge is 0.329 e. The Morgan fingerprint density at radius 3 is 1.67 bits per heavy atom. The Morgan fingerprint density at radius 1 is 0.431 bits per heavy atom. The zero-order valence-electron chi connectivity index (χ0n) is 28.1. The van der Waals surface area contributed by atoms with Gasteiger partial charge >= 0.3 is 6.98 Å². The molecule has 0 aliphatic carbocycles. The van der Waals surface area contributed by atoms with Gasteiger partial charge in [-0.2, -0.15) is 0 Å². The van der Waals surface area contributed by atoms with Gasteiger partial charge in [0.25, 0.3) is 0 Å². The second kappa shape index (κ2) is 11.7. The molecule has 0 N–H and O–H groups in total. The topological polar surface area (TPSA) is 38.9 Å². The molecule has 0 saturated heterocycles. The molecule has 3 heterocycles. The van der Waals surface area contributed by atoms with E-state index in [-0.39, 0.29) is 6.98 Å². The number of para-hydroxylation sites is 3. The fourth-order valence-electron chi connectivity index (χ4n) is 7.68. The lowest BCUT2D eigenvalue weighted by Crippen LogP contribution is -2.51. The van der Waals surface area contributed by atoms with Gasteiger partial charge in [-0.1, -0.05) is 151 Å². The zero-order valence-corrected chi connectivity index (χ0v) is 28.1. The number of imidazole rings is 2. The highest BCUT2D eigenvalue weighted by molar-refractivity contribution is 6.73. The van der Waals surface area contributed by atoms with Crippen molar-refractivity contribution in [1.82, 2.24) is 18.9 Å². The molecule has 1 aliphatic rings. The highest BCUT2D eigenvalue weighted by Crippen LogP contribution is 2.45. The lowest BCUT2D eigenvalue weighted by atomic mass is 9.63. The highest BCUT2D eigenvalue weighted by Gasteiger charge is 2.42. The number of hydrogen-bond donors (Lipinski definition) is 0. The van der Waals surface area contributed by atoms with Gasteiger partial charge in [0.1, 0.15) is 0 Å². The van der Waals surface area contributed by atoms with Gasteiger partial charge in [-0.05, 0) is 70.5 Å². The van der Waals surface area contributed by atoms with Gasteiger partial charge in [-0.25, -0.2) is 9.97 Å². The van der Waals surface area contributed by atoms with Crippen LogP contribution in [0, 0.1) is 6.92 Å². The number of aromatic nitrogens is 4. The predicted molar refractivity (Wildman–Crippen MR) is 211 cm³/mol. The molecule has 7 aromatic carbocycles. The predicted octanol–water partition coefficient (Wildman–Crippen LogP) is 10.3. The Bertz CT molecular complexity index is 2720. The third-order valence-electron chi connectivity index (χ3n) is 10.1. The van der Waals surface area contributed by atoms with E-state index in [1.807, 2.05) is 0 Å². The van der Waals surface area contributed by atoms with E-state index in [9.17, 15) is 0 Å². The lowest BCUT2D eigenvalue weighted by molar-refractivity contribution is 0.961. The maximum absolute atomic E-state index is 5.52. The van der Waals surface area contributed by atoms with Crippen molar-refractivity contribution in [2.45, 2.75) is 6.92 Å². The third-order valence-corrected chi connectivity index (χ3v) is 10.1. The average molecular weight is 654 g/mol. The zero-order chi connectivity index (χ0) is 33.9. The van der Waals surface area contributed by atoms with E-state index in [0.29, 0.717) is 0 Å². The summed E-state index contributed by atoms with van der Waals surface area (Å²) in [7, 11) is 0. The molecule has 6 heteroatoms. The summed E-state index contributed by atoms with van der Waals surface area (Å²) < 4.78 is 4.83. The number of aryl methyl sites for hydroxylation is 1. The van der Waals surface area contributed by atoms with Crippen LogP contribution in [0.4, 0.5) is 17.6 Å². The molecule has 0 bridgehead atoms. The number of fused-ring (bicyclic) bond motifs is 6. The monoisotopic (exact) mass is 653 g/mol. The van der Waals surface area contributed by atoms with Gasteiger partial charge in [0.15, 0.2) is 0 Å². The number of hydrogen-bond acceptors (Lipinski definition) is 3. The minimum Gasteiger partial charge on any atom is -0.329 e. The minimum atomic E-state index is -0.251. The first-order chi connectivity index (χ1) is 25.2. The van der Waals surface area contributed by atoms with E-state index in [4.69, 9.17) is 9.97 Å².